The molecule has 2 rings (SSSR count). The van der Waals surface area contributed by atoms with Crippen LogP contribution in [0.3, 0.4) is 0 Å². The van der Waals surface area contributed by atoms with Gasteiger partial charge in [-0.25, -0.2) is 0 Å². The summed E-state index contributed by atoms with van der Waals surface area (Å²) >= 11 is 2.07. The Morgan fingerprint density at radius 3 is 2.63 bits per heavy atom. The van der Waals surface area contributed by atoms with Crippen LogP contribution in [0.4, 0.5) is 0 Å². The molecule has 0 saturated carbocycles. The monoisotopic (exact) mass is 278 g/mol. The molecule has 0 amide bonds. The summed E-state index contributed by atoms with van der Waals surface area (Å²) in [5.41, 5.74) is 7.81. The zero-order valence-corrected chi connectivity index (χ0v) is 13.1. The third-order valence-corrected chi connectivity index (χ3v) is 5.33. The van der Waals surface area contributed by atoms with Gasteiger partial charge in [-0.2, -0.15) is 11.8 Å². The predicted octanol–water partition coefficient (Wildman–Crippen LogP) is 3.15. The Hall–Kier alpha value is -0.510. The molecule has 1 fully saturated rings. The highest BCUT2D eigenvalue weighted by Gasteiger charge is 2.31. The number of nitrogens with zero attached hydrogens (tertiary/aromatic N) is 1. The van der Waals surface area contributed by atoms with Crippen molar-refractivity contribution in [2.24, 2.45) is 11.1 Å². The molecule has 1 aliphatic rings. The van der Waals surface area contributed by atoms with Gasteiger partial charge in [0.15, 0.2) is 0 Å². The first-order chi connectivity index (χ1) is 9.00. The third kappa shape index (κ3) is 3.74. The van der Waals surface area contributed by atoms with E-state index < -0.39 is 0 Å². The van der Waals surface area contributed by atoms with Crippen molar-refractivity contribution >= 4 is 11.8 Å². The third-order valence-electron chi connectivity index (χ3n) is 4.19. The van der Waals surface area contributed by atoms with Crippen LogP contribution in [0.2, 0.25) is 0 Å². The lowest BCUT2D eigenvalue weighted by Crippen LogP contribution is -2.43. The van der Waals surface area contributed by atoms with Crippen molar-refractivity contribution in [1.29, 1.82) is 0 Å². The Balaban J connectivity index is 2.00. The van der Waals surface area contributed by atoms with Gasteiger partial charge in [-0.15, -0.1) is 0 Å². The highest BCUT2D eigenvalue weighted by Crippen LogP contribution is 2.33. The Morgan fingerprint density at radius 2 is 2.05 bits per heavy atom. The minimum atomic E-state index is 0.0867. The molecule has 3 heteroatoms. The number of hydrogen-bond acceptors (Lipinski definition) is 3. The van der Waals surface area contributed by atoms with Gasteiger partial charge in [-0.3, -0.25) is 0 Å². The maximum atomic E-state index is 6.49. The largest absolute Gasteiger partial charge is 0.323 e. The average Bonchev–Trinajstić information content (AvgIpc) is 2.92. The van der Waals surface area contributed by atoms with Gasteiger partial charge >= 0.3 is 0 Å². The molecule has 1 aromatic carbocycles. The van der Waals surface area contributed by atoms with E-state index in [-0.39, 0.29) is 11.5 Å². The fraction of sp³-hybridized carbons (Fsp3) is 0.625. The van der Waals surface area contributed by atoms with Crippen LogP contribution in [-0.4, -0.2) is 36.0 Å². The van der Waals surface area contributed by atoms with E-state index in [4.69, 9.17) is 5.73 Å². The van der Waals surface area contributed by atoms with Crippen molar-refractivity contribution in [2.45, 2.75) is 32.4 Å². The van der Waals surface area contributed by atoms with Crippen LogP contribution >= 0.6 is 11.8 Å². The number of hydrogen-bond donors (Lipinski definition) is 1. The van der Waals surface area contributed by atoms with Crippen molar-refractivity contribution in [3.8, 4) is 0 Å². The molecule has 2 unspecified atom stereocenters. The first-order valence-electron chi connectivity index (χ1n) is 7.09. The zero-order chi connectivity index (χ0) is 13.9. The first kappa shape index (κ1) is 14.9. The molecular formula is C16H26N2S. The molecule has 0 aromatic heterocycles. The molecule has 0 bridgehead atoms. The number of thioether (sulfide) groups is 1. The Kier molecular flexibility index (Phi) is 4.93. The molecule has 0 aliphatic carbocycles. The van der Waals surface area contributed by atoms with Gasteiger partial charge in [0.25, 0.3) is 0 Å². The van der Waals surface area contributed by atoms with Gasteiger partial charge in [0.1, 0.15) is 0 Å². The van der Waals surface area contributed by atoms with Crippen molar-refractivity contribution < 1.29 is 0 Å². The van der Waals surface area contributed by atoms with Gasteiger partial charge in [-0.1, -0.05) is 44.2 Å². The molecule has 1 saturated heterocycles. The molecule has 1 heterocycles. The average molecular weight is 278 g/mol. The normalized spacial score (nSPS) is 21.8. The zero-order valence-electron chi connectivity index (χ0n) is 12.3. The minimum Gasteiger partial charge on any atom is -0.323 e. The summed E-state index contributed by atoms with van der Waals surface area (Å²) in [6.45, 7) is 5.61. The molecule has 0 radical (unpaired) electrons. The molecule has 1 aromatic rings. The van der Waals surface area contributed by atoms with Crippen LogP contribution < -0.4 is 5.73 Å². The van der Waals surface area contributed by atoms with E-state index in [0.717, 1.165) is 12.6 Å². The van der Waals surface area contributed by atoms with E-state index in [1.54, 1.807) is 0 Å². The lowest BCUT2D eigenvalue weighted by molar-refractivity contribution is 0.147. The number of nitrogens with two attached hydrogens (primary N) is 1. The van der Waals surface area contributed by atoms with Crippen molar-refractivity contribution in [2.75, 3.05) is 25.1 Å². The van der Waals surface area contributed by atoms with Crippen molar-refractivity contribution in [3.05, 3.63) is 35.9 Å². The highest BCUT2D eigenvalue weighted by molar-refractivity contribution is 7.99. The van der Waals surface area contributed by atoms with E-state index in [1.807, 2.05) is 6.07 Å². The SMILES string of the molecule is CN(CC(C)(C)C(N)c1ccccc1)C1CCSC1. The molecule has 1 aliphatic heterocycles. The van der Waals surface area contributed by atoms with Crippen LogP contribution in [0.15, 0.2) is 30.3 Å². The molecule has 0 spiro atoms. The smallest absolute Gasteiger partial charge is 0.0359 e. The number of benzene rings is 1. The van der Waals surface area contributed by atoms with E-state index in [2.05, 4.69) is 61.8 Å². The van der Waals surface area contributed by atoms with Gasteiger partial charge < -0.3 is 10.6 Å². The summed E-state index contributed by atoms with van der Waals surface area (Å²) in [5.74, 6) is 2.58. The van der Waals surface area contributed by atoms with Crippen LogP contribution in [0.25, 0.3) is 0 Å². The standard InChI is InChI=1S/C16H26N2S/c1-16(2,12-18(3)14-9-10-19-11-14)15(17)13-7-5-4-6-8-13/h4-8,14-15H,9-12,17H2,1-3H3. The summed E-state index contributed by atoms with van der Waals surface area (Å²) in [6, 6.07) is 11.3. The van der Waals surface area contributed by atoms with Crippen LogP contribution in [-0.2, 0) is 0 Å². The molecular weight excluding hydrogens is 252 g/mol. The van der Waals surface area contributed by atoms with Crippen LogP contribution in [0, 0.1) is 5.41 Å². The molecule has 2 nitrogen and oxygen atoms in total. The van der Waals surface area contributed by atoms with Crippen molar-refractivity contribution in [1.82, 2.24) is 4.90 Å². The van der Waals surface area contributed by atoms with E-state index in [0.29, 0.717) is 0 Å². The quantitative estimate of drug-likeness (QED) is 0.897. The summed E-state index contributed by atoms with van der Waals surface area (Å²) in [6.07, 6.45) is 1.32. The summed E-state index contributed by atoms with van der Waals surface area (Å²) in [7, 11) is 2.25. The minimum absolute atomic E-state index is 0.0867. The second-order valence-corrected chi connectivity index (χ2v) is 7.46. The topological polar surface area (TPSA) is 29.3 Å². The van der Waals surface area contributed by atoms with Crippen LogP contribution in [0.1, 0.15) is 31.9 Å². The van der Waals surface area contributed by atoms with Gasteiger partial charge in [0.2, 0.25) is 0 Å². The number of rotatable bonds is 5. The predicted molar refractivity (Wildman–Crippen MR) is 85.5 cm³/mol. The maximum Gasteiger partial charge on any atom is 0.0359 e. The molecule has 19 heavy (non-hydrogen) atoms. The summed E-state index contributed by atoms with van der Waals surface area (Å²) < 4.78 is 0. The Morgan fingerprint density at radius 1 is 1.37 bits per heavy atom. The maximum absolute atomic E-state index is 6.49. The van der Waals surface area contributed by atoms with Crippen LogP contribution in [0.5, 0.6) is 0 Å². The first-order valence-corrected chi connectivity index (χ1v) is 8.25. The lowest BCUT2D eigenvalue weighted by Gasteiger charge is -2.37. The molecule has 2 atom stereocenters. The lowest BCUT2D eigenvalue weighted by atomic mass is 9.80. The van der Waals surface area contributed by atoms with E-state index >= 15 is 0 Å². The second-order valence-electron chi connectivity index (χ2n) is 6.31. The van der Waals surface area contributed by atoms with Gasteiger partial charge in [0.05, 0.1) is 0 Å². The van der Waals surface area contributed by atoms with Gasteiger partial charge in [0, 0.05) is 24.4 Å². The summed E-state index contributed by atoms with van der Waals surface area (Å²) in [5, 5.41) is 0. The van der Waals surface area contributed by atoms with Gasteiger partial charge in [-0.05, 0) is 30.2 Å². The van der Waals surface area contributed by atoms with E-state index in [1.165, 1.54) is 23.5 Å². The fourth-order valence-corrected chi connectivity index (χ4v) is 4.15. The summed E-state index contributed by atoms with van der Waals surface area (Å²) in [4.78, 5) is 2.50. The highest BCUT2D eigenvalue weighted by atomic mass is 32.2. The fourth-order valence-electron chi connectivity index (χ4n) is 2.85. The van der Waals surface area contributed by atoms with E-state index in [9.17, 15) is 0 Å². The Bertz CT molecular complexity index is 385. The Labute approximate surface area is 121 Å². The molecule has 2 N–H and O–H groups in total. The van der Waals surface area contributed by atoms with Crippen molar-refractivity contribution in [3.63, 3.8) is 0 Å². The molecule has 106 valence electrons. The second kappa shape index (κ2) is 6.29.